The molecule has 1 amide bonds. The minimum atomic E-state index is -0.195. The molecule has 2 heterocycles. The Labute approximate surface area is 120 Å². The molecule has 0 saturated heterocycles. The van der Waals surface area contributed by atoms with E-state index < -0.39 is 0 Å². The maximum atomic E-state index is 11.8. The van der Waals surface area contributed by atoms with Crippen molar-refractivity contribution >= 4 is 22.4 Å². The Hall–Kier alpha value is -2.46. The number of nitrogens with one attached hydrogen (secondary N) is 1. The van der Waals surface area contributed by atoms with Gasteiger partial charge < -0.3 is 11.1 Å². The van der Waals surface area contributed by atoms with Crippen molar-refractivity contribution in [2.75, 3.05) is 12.3 Å². The Kier molecular flexibility index (Phi) is 4.63. The van der Waals surface area contributed by atoms with E-state index in [0.717, 1.165) is 18.5 Å². The lowest BCUT2D eigenvalue weighted by molar-refractivity contribution is 0.0953. The predicted octanol–water partition coefficient (Wildman–Crippen LogP) is 1.35. The fourth-order valence-electron chi connectivity index (χ4n) is 1.61. The van der Waals surface area contributed by atoms with Gasteiger partial charge in [-0.05, 0) is 25.0 Å². The average molecular weight is 287 g/mol. The summed E-state index contributed by atoms with van der Waals surface area (Å²) < 4.78 is 0. The summed E-state index contributed by atoms with van der Waals surface area (Å²) in [6.07, 6.45) is 2.97. The van der Waals surface area contributed by atoms with Gasteiger partial charge in [-0.1, -0.05) is 0 Å². The number of carbonyl (C=O) groups excluding carboxylic acids is 1. The molecule has 0 bridgehead atoms. The molecule has 0 fully saturated rings. The molecule has 0 aliphatic rings. The predicted molar refractivity (Wildman–Crippen MR) is 76.1 cm³/mol. The molecule has 0 aromatic carbocycles. The zero-order chi connectivity index (χ0) is 14.4. The van der Waals surface area contributed by atoms with Crippen LogP contribution in [0.3, 0.4) is 0 Å². The van der Waals surface area contributed by atoms with E-state index in [1.54, 1.807) is 6.07 Å². The van der Waals surface area contributed by atoms with Gasteiger partial charge >= 0.3 is 0 Å². The third kappa shape index (κ3) is 3.76. The minimum Gasteiger partial charge on any atom is -0.375 e. The van der Waals surface area contributed by atoms with Gasteiger partial charge in [-0.3, -0.25) is 4.79 Å². The summed E-state index contributed by atoms with van der Waals surface area (Å²) in [5.74, 6) is -0.195. The van der Waals surface area contributed by atoms with Gasteiger partial charge in [0, 0.05) is 18.1 Å². The van der Waals surface area contributed by atoms with Crippen LogP contribution in [0, 0.1) is 11.3 Å². The molecule has 3 N–H and O–H groups in total. The molecule has 102 valence electrons. The number of nitriles is 1. The molecule has 0 atom stereocenters. The molecule has 6 nitrogen and oxygen atoms in total. The zero-order valence-electron chi connectivity index (χ0n) is 10.7. The van der Waals surface area contributed by atoms with Crippen LogP contribution in [-0.4, -0.2) is 22.4 Å². The molecule has 20 heavy (non-hydrogen) atoms. The molecule has 0 aliphatic carbocycles. The van der Waals surface area contributed by atoms with Crippen LogP contribution in [0.5, 0.6) is 0 Å². The molecule has 0 spiro atoms. The van der Waals surface area contributed by atoms with E-state index >= 15 is 0 Å². The van der Waals surface area contributed by atoms with Crippen molar-refractivity contribution in [2.24, 2.45) is 0 Å². The van der Waals surface area contributed by atoms with Crippen LogP contribution >= 0.6 is 11.3 Å². The molecular formula is C13H13N5OS. The first-order valence-electron chi connectivity index (χ1n) is 6.03. The van der Waals surface area contributed by atoms with Crippen molar-refractivity contribution in [2.45, 2.75) is 12.8 Å². The number of amides is 1. The van der Waals surface area contributed by atoms with Crippen molar-refractivity contribution in [1.82, 2.24) is 15.3 Å². The van der Waals surface area contributed by atoms with E-state index in [9.17, 15) is 4.79 Å². The maximum absolute atomic E-state index is 11.8. The summed E-state index contributed by atoms with van der Waals surface area (Å²) in [5, 5.41) is 13.9. The highest BCUT2D eigenvalue weighted by Crippen LogP contribution is 2.12. The van der Waals surface area contributed by atoms with E-state index in [1.165, 1.54) is 23.6 Å². The second-order valence-corrected chi connectivity index (χ2v) is 4.97. The number of anilines is 1. The summed E-state index contributed by atoms with van der Waals surface area (Å²) in [6, 6.07) is 5.01. The van der Waals surface area contributed by atoms with E-state index in [4.69, 9.17) is 11.0 Å². The fraction of sp³-hybridized carbons (Fsp3) is 0.231. The van der Waals surface area contributed by atoms with E-state index in [1.807, 2.05) is 11.4 Å². The number of aryl methyl sites for hydroxylation is 1. The second kappa shape index (κ2) is 6.63. The number of hydrogen-bond acceptors (Lipinski definition) is 6. The fourth-order valence-corrected chi connectivity index (χ4v) is 2.20. The van der Waals surface area contributed by atoms with Crippen molar-refractivity contribution in [3.8, 4) is 6.07 Å². The van der Waals surface area contributed by atoms with Gasteiger partial charge in [0.1, 0.15) is 11.8 Å². The summed E-state index contributed by atoms with van der Waals surface area (Å²) >= 11 is 1.41. The number of nitrogen functional groups attached to an aromatic ring is 1. The number of rotatable bonds is 5. The molecule has 2 rings (SSSR count). The Morgan fingerprint density at radius 3 is 2.95 bits per heavy atom. The van der Waals surface area contributed by atoms with Gasteiger partial charge in [0.25, 0.3) is 5.91 Å². The van der Waals surface area contributed by atoms with Gasteiger partial charge in [-0.25, -0.2) is 9.97 Å². The van der Waals surface area contributed by atoms with Crippen LogP contribution in [0.15, 0.2) is 23.7 Å². The quantitative estimate of drug-likeness (QED) is 0.808. The van der Waals surface area contributed by atoms with Gasteiger partial charge in [-0.15, -0.1) is 11.3 Å². The number of nitrogens with zero attached hydrogens (tertiary/aromatic N) is 3. The lowest BCUT2D eigenvalue weighted by atomic mass is 10.2. The summed E-state index contributed by atoms with van der Waals surface area (Å²) in [6.45, 7) is 0.552. The largest absolute Gasteiger partial charge is 0.375 e. The Morgan fingerprint density at radius 1 is 1.50 bits per heavy atom. The van der Waals surface area contributed by atoms with E-state index in [0.29, 0.717) is 22.9 Å². The first-order chi connectivity index (χ1) is 9.69. The van der Waals surface area contributed by atoms with E-state index in [2.05, 4.69) is 15.3 Å². The molecule has 7 heteroatoms. The highest BCUT2D eigenvalue weighted by molar-refractivity contribution is 7.13. The molecule has 0 radical (unpaired) electrons. The topological polar surface area (TPSA) is 105 Å². The minimum absolute atomic E-state index is 0.195. The van der Waals surface area contributed by atoms with Gasteiger partial charge in [0.2, 0.25) is 0 Å². The first-order valence-corrected chi connectivity index (χ1v) is 6.91. The van der Waals surface area contributed by atoms with E-state index in [-0.39, 0.29) is 5.91 Å². The van der Waals surface area contributed by atoms with Gasteiger partial charge in [0.15, 0.2) is 5.13 Å². The van der Waals surface area contributed by atoms with Crippen LogP contribution in [-0.2, 0) is 6.42 Å². The van der Waals surface area contributed by atoms with Gasteiger partial charge in [0.05, 0.1) is 11.3 Å². The standard InChI is InChI=1S/C13H13N5OS/c14-6-10-4-3-9(7-17-10)12(19)16-5-1-2-11-8-20-13(15)18-11/h3-4,7-8H,1-2,5H2,(H2,15,18)(H,16,19). The summed E-state index contributed by atoms with van der Waals surface area (Å²) in [4.78, 5) is 19.8. The maximum Gasteiger partial charge on any atom is 0.252 e. The van der Waals surface area contributed by atoms with Crippen molar-refractivity contribution in [3.05, 3.63) is 40.7 Å². The van der Waals surface area contributed by atoms with Crippen LogP contribution in [0.1, 0.15) is 28.2 Å². The second-order valence-electron chi connectivity index (χ2n) is 4.08. The lowest BCUT2D eigenvalue weighted by Gasteiger charge is -2.04. The van der Waals surface area contributed by atoms with Crippen LogP contribution < -0.4 is 11.1 Å². The number of pyridine rings is 1. The van der Waals surface area contributed by atoms with Crippen molar-refractivity contribution in [3.63, 3.8) is 0 Å². The van der Waals surface area contributed by atoms with Crippen LogP contribution in [0.2, 0.25) is 0 Å². The molecular weight excluding hydrogens is 274 g/mol. The lowest BCUT2D eigenvalue weighted by Crippen LogP contribution is -2.24. The Bertz CT molecular complexity index is 629. The van der Waals surface area contributed by atoms with Crippen LogP contribution in [0.25, 0.3) is 0 Å². The first kappa shape index (κ1) is 14.0. The molecule has 0 aliphatic heterocycles. The van der Waals surface area contributed by atoms with Crippen molar-refractivity contribution in [1.29, 1.82) is 5.26 Å². The van der Waals surface area contributed by atoms with Crippen molar-refractivity contribution < 1.29 is 4.79 Å². The normalized spacial score (nSPS) is 9.95. The molecule has 2 aromatic rings. The average Bonchev–Trinajstić information content (AvgIpc) is 2.89. The Morgan fingerprint density at radius 2 is 2.35 bits per heavy atom. The smallest absolute Gasteiger partial charge is 0.252 e. The zero-order valence-corrected chi connectivity index (χ0v) is 11.5. The molecule has 0 unspecified atom stereocenters. The summed E-state index contributed by atoms with van der Waals surface area (Å²) in [7, 11) is 0. The number of carbonyl (C=O) groups is 1. The van der Waals surface area contributed by atoms with Gasteiger partial charge in [-0.2, -0.15) is 5.26 Å². The highest BCUT2D eigenvalue weighted by atomic mass is 32.1. The third-order valence-electron chi connectivity index (χ3n) is 2.60. The number of thiazole rings is 1. The number of aromatic nitrogens is 2. The molecule has 2 aromatic heterocycles. The third-order valence-corrected chi connectivity index (χ3v) is 3.33. The highest BCUT2D eigenvalue weighted by Gasteiger charge is 2.05. The van der Waals surface area contributed by atoms with Crippen LogP contribution in [0.4, 0.5) is 5.13 Å². The number of hydrogen-bond donors (Lipinski definition) is 2. The summed E-state index contributed by atoms with van der Waals surface area (Å²) in [5.41, 5.74) is 7.22. The SMILES string of the molecule is N#Cc1ccc(C(=O)NCCCc2csc(N)n2)cn1. The molecule has 0 saturated carbocycles. The monoisotopic (exact) mass is 287 g/mol. The Balaban J connectivity index is 1.76. The number of nitrogens with two attached hydrogens (primary N) is 1.